The molecule has 0 spiro atoms. The summed E-state index contributed by atoms with van der Waals surface area (Å²) in [4.78, 5) is 35.3. The van der Waals surface area contributed by atoms with E-state index < -0.39 is 29.9 Å². The van der Waals surface area contributed by atoms with E-state index in [2.05, 4.69) is 6.58 Å². The third kappa shape index (κ3) is 6.37. The van der Waals surface area contributed by atoms with Crippen molar-refractivity contribution in [3.05, 3.63) is 12.7 Å². The standard InChI is InChI=1S/C15H20O8/c1-3-13(16)23-9(2)12(15(18)22-8-11-6-20-11)4-14(17)21-7-10-5-19-10/h3,9-12H,1,4-8H2,2H3. The van der Waals surface area contributed by atoms with Gasteiger partial charge in [0.25, 0.3) is 0 Å². The number of carbonyl (C=O) groups is 3. The second-order valence-electron chi connectivity index (χ2n) is 5.38. The van der Waals surface area contributed by atoms with Crippen molar-refractivity contribution in [2.75, 3.05) is 26.4 Å². The van der Waals surface area contributed by atoms with Crippen LogP contribution >= 0.6 is 0 Å². The van der Waals surface area contributed by atoms with Crippen LogP contribution in [0, 0.1) is 5.92 Å². The van der Waals surface area contributed by atoms with Crippen LogP contribution in [0.2, 0.25) is 0 Å². The number of carbonyl (C=O) groups excluding carboxylic acids is 3. The Kier molecular flexibility index (Phi) is 6.12. The molecule has 2 aliphatic heterocycles. The molecule has 8 nitrogen and oxygen atoms in total. The Balaban J connectivity index is 1.87. The van der Waals surface area contributed by atoms with E-state index >= 15 is 0 Å². The first kappa shape index (κ1) is 17.4. The summed E-state index contributed by atoms with van der Waals surface area (Å²) >= 11 is 0. The highest BCUT2D eigenvalue weighted by atomic mass is 16.6. The van der Waals surface area contributed by atoms with Crippen molar-refractivity contribution in [3.63, 3.8) is 0 Å². The molecule has 0 amide bonds. The molecule has 2 heterocycles. The van der Waals surface area contributed by atoms with Gasteiger partial charge in [0, 0.05) is 6.08 Å². The van der Waals surface area contributed by atoms with Crippen LogP contribution in [-0.4, -0.2) is 62.6 Å². The normalized spacial score (nSPS) is 24.0. The molecule has 0 bridgehead atoms. The lowest BCUT2D eigenvalue weighted by Crippen LogP contribution is -2.34. The predicted octanol–water partition coefficient (Wildman–Crippen LogP) is -0.00560. The van der Waals surface area contributed by atoms with E-state index in [0.717, 1.165) is 6.08 Å². The number of hydrogen-bond donors (Lipinski definition) is 0. The lowest BCUT2D eigenvalue weighted by Gasteiger charge is -2.21. The molecule has 2 rings (SSSR count). The van der Waals surface area contributed by atoms with E-state index in [4.69, 9.17) is 23.7 Å². The molecule has 0 radical (unpaired) electrons. The molecule has 2 saturated heterocycles. The van der Waals surface area contributed by atoms with Crippen molar-refractivity contribution in [2.24, 2.45) is 5.92 Å². The summed E-state index contributed by atoms with van der Waals surface area (Å²) in [6.07, 6.45) is -0.266. The molecule has 0 saturated carbocycles. The Labute approximate surface area is 133 Å². The summed E-state index contributed by atoms with van der Waals surface area (Å²) in [6, 6.07) is 0. The first-order valence-electron chi connectivity index (χ1n) is 7.38. The minimum absolute atomic E-state index is 0.0626. The van der Waals surface area contributed by atoms with E-state index in [-0.39, 0.29) is 31.8 Å². The highest BCUT2D eigenvalue weighted by molar-refractivity contribution is 5.83. The zero-order chi connectivity index (χ0) is 16.8. The minimum atomic E-state index is -0.953. The molecule has 4 atom stereocenters. The van der Waals surface area contributed by atoms with Gasteiger partial charge in [-0.2, -0.15) is 0 Å². The van der Waals surface area contributed by atoms with Crippen LogP contribution in [0.5, 0.6) is 0 Å². The molecular formula is C15H20O8. The average Bonchev–Trinajstić information content (AvgIpc) is 3.41. The summed E-state index contributed by atoms with van der Waals surface area (Å²) in [5.74, 6) is -2.85. The zero-order valence-electron chi connectivity index (χ0n) is 12.9. The van der Waals surface area contributed by atoms with Crippen LogP contribution in [0.15, 0.2) is 12.7 Å². The monoisotopic (exact) mass is 328 g/mol. The maximum Gasteiger partial charge on any atom is 0.330 e. The lowest BCUT2D eigenvalue weighted by molar-refractivity contribution is -0.164. The summed E-state index contributed by atoms with van der Waals surface area (Å²) in [6.45, 7) is 6.17. The largest absolute Gasteiger partial charge is 0.463 e. The molecule has 0 aromatic rings. The Morgan fingerprint density at radius 1 is 1.17 bits per heavy atom. The van der Waals surface area contributed by atoms with E-state index in [0.29, 0.717) is 13.2 Å². The number of epoxide rings is 2. The summed E-state index contributed by atoms with van der Waals surface area (Å²) < 4.78 is 25.0. The molecule has 0 aromatic heterocycles. The van der Waals surface area contributed by atoms with Crippen LogP contribution < -0.4 is 0 Å². The number of rotatable bonds is 10. The Bertz CT molecular complexity index is 466. The van der Waals surface area contributed by atoms with Gasteiger partial charge >= 0.3 is 17.9 Å². The van der Waals surface area contributed by atoms with Crippen LogP contribution in [0.3, 0.4) is 0 Å². The van der Waals surface area contributed by atoms with Gasteiger partial charge in [0.15, 0.2) is 0 Å². The molecule has 2 aliphatic rings. The fraction of sp³-hybridized carbons (Fsp3) is 0.667. The van der Waals surface area contributed by atoms with Gasteiger partial charge in [0.2, 0.25) is 0 Å². The third-order valence-electron chi connectivity index (χ3n) is 3.37. The van der Waals surface area contributed by atoms with E-state index in [1.165, 1.54) is 6.92 Å². The highest BCUT2D eigenvalue weighted by Gasteiger charge is 2.34. The summed E-state index contributed by atoms with van der Waals surface area (Å²) in [7, 11) is 0. The SMILES string of the molecule is C=CC(=O)OC(C)C(CC(=O)OCC1CO1)C(=O)OCC1CO1. The molecular weight excluding hydrogens is 308 g/mol. The van der Waals surface area contributed by atoms with E-state index in [1.54, 1.807) is 0 Å². The fourth-order valence-electron chi connectivity index (χ4n) is 1.79. The molecule has 23 heavy (non-hydrogen) atoms. The first-order valence-corrected chi connectivity index (χ1v) is 7.38. The van der Waals surface area contributed by atoms with Crippen LogP contribution in [-0.2, 0) is 38.1 Å². The number of esters is 3. The molecule has 128 valence electrons. The van der Waals surface area contributed by atoms with Crippen molar-refractivity contribution in [1.82, 2.24) is 0 Å². The minimum Gasteiger partial charge on any atom is -0.463 e. The smallest absolute Gasteiger partial charge is 0.330 e. The van der Waals surface area contributed by atoms with E-state index in [1.807, 2.05) is 0 Å². The van der Waals surface area contributed by atoms with Crippen molar-refractivity contribution >= 4 is 17.9 Å². The van der Waals surface area contributed by atoms with Crippen molar-refractivity contribution in [2.45, 2.75) is 31.7 Å². The van der Waals surface area contributed by atoms with E-state index in [9.17, 15) is 14.4 Å². The Morgan fingerprint density at radius 3 is 2.26 bits per heavy atom. The highest BCUT2D eigenvalue weighted by Crippen LogP contribution is 2.19. The van der Waals surface area contributed by atoms with Gasteiger partial charge in [0.1, 0.15) is 37.4 Å². The van der Waals surface area contributed by atoms with Gasteiger partial charge in [-0.05, 0) is 6.92 Å². The van der Waals surface area contributed by atoms with Gasteiger partial charge in [-0.3, -0.25) is 9.59 Å². The van der Waals surface area contributed by atoms with Crippen LogP contribution in [0.4, 0.5) is 0 Å². The lowest BCUT2D eigenvalue weighted by atomic mass is 9.99. The molecule has 0 aliphatic carbocycles. The van der Waals surface area contributed by atoms with Gasteiger partial charge in [-0.1, -0.05) is 6.58 Å². The molecule has 0 N–H and O–H groups in total. The second kappa shape index (κ2) is 8.07. The molecule has 2 fully saturated rings. The quantitative estimate of drug-likeness (QED) is 0.239. The fourth-order valence-corrected chi connectivity index (χ4v) is 1.79. The van der Waals surface area contributed by atoms with Gasteiger partial charge < -0.3 is 23.7 Å². The second-order valence-corrected chi connectivity index (χ2v) is 5.38. The summed E-state index contributed by atoms with van der Waals surface area (Å²) in [5.41, 5.74) is 0. The van der Waals surface area contributed by atoms with Crippen molar-refractivity contribution < 1.29 is 38.1 Å². The van der Waals surface area contributed by atoms with Gasteiger partial charge in [0.05, 0.1) is 19.6 Å². The molecule has 0 aromatic carbocycles. The van der Waals surface area contributed by atoms with Crippen LogP contribution in [0.25, 0.3) is 0 Å². The Morgan fingerprint density at radius 2 is 1.74 bits per heavy atom. The topological polar surface area (TPSA) is 104 Å². The zero-order valence-corrected chi connectivity index (χ0v) is 12.9. The van der Waals surface area contributed by atoms with Gasteiger partial charge in [-0.25, -0.2) is 4.79 Å². The number of hydrogen-bond acceptors (Lipinski definition) is 8. The average molecular weight is 328 g/mol. The third-order valence-corrected chi connectivity index (χ3v) is 3.37. The predicted molar refractivity (Wildman–Crippen MR) is 75.3 cm³/mol. The van der Waals surface area contributed by atoms with Crippen molar-refractivity contribution in [3.8, 4) is 0 Å². The van der Waals surface area contributed by atoms with Gasteiger partial charge in [-0.15, -0.1) is 0 Å². The molecule has 8 heteroatoms. The van der Waals surface area contributed by atoms with Crippen molar-refractivity contribution in [1.29, 1.82) is 0 Å². The maximum atomic E-state index is 12.1. The first-order chi connectivity index (χ1) is 11.0. The van der Waals surface area contributed by atoms with Crippen LogP contribution in [0.1, 0.15) is 13.3 Å². The molecule has 4 unspecified atom stereocenters. The summed E-state index contributed by atoms with van der Waals surface area (Å²) in [5, 5.41) is 0. The number of ether oxygens (including phenoxy) is 5. The Hall–Kier alpha value is -1.93. The maximum absolute atomic E-state index is 12.1.